The lowest BCUT2D eigenvalue weighted by Gasteiger charge is -2.30. The average Bonchev–Trinajstić information content (AvgIpc) is 3.42. The van der Waals surface area contributed by atoms with E-state index in [1.165, 1.54) is 0 Å². The van der Waals surface area contributed by atoms with Gasteiger partial charge in [-0.05, 0) is 39.3 Å². The molecular weight excluding hydrogens is 456 g/mol. The summed E-state index contributed by atoms with van der Waals surface area (Å²) in [4.78, 5) is 41.1. The number of hydrogen-bond donors (Lipinski definition) is 3. The number of amides is 2. The molecule has 0 aromatic heterocycles. The zero-order valence-corrected chi connectivity index (χ0v) is 20.1. The minimum Gasteiger partial charge on any atom is -0.359 e. The summed E-state index contributed by atoms with van der Waals surface area (Å²) >= 11 is 6.61. The fourth-order valence-corrected chi connectivity index (χ4v) is 4.27. The van der Waals surface area contributed by atoms with Crippen LogP contribution in [0.2, 0.25) is 5.02 Å². The number of nitrogens with one attached hydrogen (secondary N) is 3. The van der Waals surface area contributed by atoms with Gasteiger partial charge in [0.05, 0.1) is 0 Å². The molecule has 10 heteroatoms. The molecule has 0 radical (unpaired) electrons. The summed E-state index contributed by atoms with van der Waals surface area (Å²) in [6, 6.07) is 5.02. The van der Waals surface area contributed by atoms with E-state index in [1.54, 1.807) is 23.1 Å². The number of hydrogen-bond acceptors (Lipinski definition) is 7. The number of carbonyl (C=O) groups excluding carboxylic acids is 2. The summed E-state index contributed by atoms with van der Waals surface area (Å²) in [6.07, 6.45) is 4.03. The topological polar surface area (TPSA) is 107 Å². The lowest BCUT2D eigenvalue weighted by atomic mass is 9.95. The predicted octanol–water partition coefficient (Wildman–Crippen LogP) is 2.51. The van der Waals surface area contributed by atoms with E-state index in [4.69, 9.17) is 16.4 Å². The second kappa shape index (κ2) is 9.82. The van der Waals surface area contributed by atoms with Crippen LogP contribution in [0.1, 0.15) is 38.3 Å². The summed E-state index contributed by atoms with van der Waals surface area (Å²) in [5.74, 6) is 1.08. The van der Waals surface area contributed by atoms with Crippen molar-refractivity contribution >= 4 is 40.7 Å². The van der Waals surface area contributed by atoms with Crippen molar-refractivity contribution in [1.82, 2.24) is 21.0 Å². The summed E-state index contributed by atoms with van der Waals surface area (Å²) in [6.45, 7) is 10.5. The van der Waals surface area contributed by atoms with E-state index in [0.717, 1.165) is 11.1 Å². The molecule has 178 valence electrons. The zero-order chi connectivity index (χ0) is 24.4. The van der Waals surface area contributed by atoms with Crippen molar-refractivity contribution in [1.29, 1.82) is 0 Å². The smallest absolute Gasteiger partial charge is 0.260 e. The normalized spacial score (nSPS) is 24.8. The number of rotatable bonds is 6. The van der Waals surface area contributed by atoms with Crippen molar-refractivity contribution < 1.29 is 14.4 Å². The SMILES string of the molecule is C=C(/N=C1\C(=C/C)C=C(c2ccc(C3=NC(C)ON3)cc2Cl)C(=O)N1CC)NC1CCNC1=O. The maximum atomic E-state index is 13.5. The predicted molar refractivity (Wildman–Crippen MR) is 132 cm³/mol. The molecule has 1 saturated heterocycles. The number of carbonyl (C=O) groups is 2. The van der Waals surface area contributed by atoms with E-state index in [1.807, 2.05) is 32.9 Å². The number of amidine groups is 2. The highest BCUT2D eigenvalue weighted by molar-refractivity contribution is 6.37. The van der Waals surface area contributed by atoms with Gasteiger partial charge in [-0.25, -0.2) is 20.3 Å². The molecular formula is C24H27ClN6O3. The van der Waals surface area contributed by atoms with E-state index in [-0.39, 0.29) is 24.1 Å². The van der Waals surface area contributed by atoms with E-state index < -0.39 is 0 Å². The van der Waals surface area contributed by atoms with Crippen molar-refractivity contribution in [2.75, 3.05) is 13.1 Å². The first kappa shape index (κ1) is 23.7. The third-order valence-corrected chi connectivity index (χ3v) is 6.03. The fraction of sp³-hybridized carbons (Fsp3) is 0.333. The van der Waals surface area contributed by atoms with Crippen molar-refractivity contribution in [3.63, 3.8) is 0 Å². The number of allylic oxidation sites excluding steroid dienone is 1. The lowest BCUT2D eigenvalue weighted by Crippen LogP contribution is -2.42. The van der Waals surface area contributed by atoms with Crippen LogP contribution in [0.25, 0.3) is 5.57 Å². The van der Waals surface area contributed by atoms with Gasteiger partial charge in [0, 0.05) is 40.4 Å². The molecule has 9 nitrogen and oxygen atoms in total. The molecule has 1 fully saturated rings. The summed E-state index contributed by atoms with van der Waals surface area (Å²) < 4.78 is 0. The third kappa shape index (κ3) is 4.62. The van der Waals surface area contributed by atoms with Gasteiger partial charge in [0.1, 0.15) is 17.7 Å². The Morgan fingerprint density at radius 3 is 2.82 bits per heavy atom. The molecule has 3 heterocycles. The van der Waals surface area contributed by atoms with Gasteiger partial charge in [-0.1, -0.05) is 36.4 Å². The highest BCUT2D eigenvalue weighted by atomic mass is 35.5. The lowest BCUT2D eigenvalue weighted by molar-refractivity contribution is -0.122. The van der Waals surface area contributed by atoms with Crippen LogP contribution in [0.3, 0.4) is 0 Å². The van der Waals surface area contributed by atoms with Gasteiger partial charge in [-0.15, -0.1) is 0 Å². The van der Waals surface area contributed by atoms with Gasteiger partial charge in [0.15, 0.2) is 12.1 Å². The Labute approximate surface area is 203 Å². The molecule has 3 N–H and O–H groups in total. The molecule has 0 spiro atoms. The highest BCUT2D eigenvalue weighted by Crippen LogP contribution is 2.32. The summed E-state index contributed by atoms with van der Waals surface area (Å²) in [5.41, 5.74) is 5.37. The largest absolute Gasteiger partial charge is 0.359 e. The monoisotopic (exact) mass is 482 g/mol. The molecule has 0 bridgehead atoms. The number of halogens is 1. The van der Waals surface area contributed by atoms with Crippen LogP contribution in [-0.2, 0) is 14.4 Å². The number of hydroxylamine groups is 1. The summed E-state index contributed by atoms with van der Waals surface area (Å²) in [5, 5.41) is 6.23. The van der Waals surface area contributed by atoms with Crippen LogP contribution in [0, 0.1) is 0 Å². The molecule has 0 aliphatic carbocycles. The Morgan fingerprint density at radius 1 is 1.44 bits per heavy atom. The van der Waals surface area contributed by atoms with Crippen molar-refractivity contribution in [2.45, 2.75) is 39.5 Å². The van der Waals surface area contributed by atoms with Crippen LogP contribution in [-0.4, -0.2) is 53.7 Å². The van der Waals surface area contributed by atoms with E-state index >= 15 is 0 Å². The third-order valence-electron chi connectivity index (χ3n) is 5.72. The second-order valence-electron chi connectivity index (χ2n) is 8.00. The van der Waals surface area contributed by atoms with Crippen molar-refractivity contribution in [3.8, 4) is 0 Å². The standard InChI is InChI=1S/C24H27ClN6O3/c1-5-15-11-18(17-8-7-16(12-19(17)25)21-29-14(4)34-30-21)24(33)31(6-2)22(15)28-13(3)27-20-9-10-26-23(20)32/h5,7-8,11-12,14,20,27H,3,6,9-10H2,1-2,4H3,(H,26,32)(H,29,30)/b15-5-,28-22+. The molecule has 2 atom stereocenters. The van der Waals surface area contributed by atoms with Crippen molar-refractivity contribution in [2.24, 2.45) is 9.98 Å². The average molecular weight is 483 g/mol. The first-order valence-electron chi connectivity index (χ1n) is 11.1. The maximum absolute atomic E-state index is 13.5. The Morgan fingerprint density at radius 2 is 2.24 bits per heavy atom. The fourth-order valence-electron chi connectivity index (χ4n) is 3.99. The molecule has 1 aromatic rings. The zero-order valence-electron chi connectivity index (χ0n) is 19.3. The molecule has 3 aliphatic heterocycles. The van der Waals surface area contributed by atoms with Gasteiger partial charge in [0.2, 0.25) is 5.91 Å². The molecule has 4 rings (SSSR count). The van der Waals surface area contributed by atoms with Gasteiger partial charge in [-0.3, -0.25) is 14.5 Å². The summed E-state index contributed by atoms with van der Waals surface area (Å²) in [7, 11) is 0. The Bertz CT molecular complexity index is 1170. The molecule has 0 saturated carbocycles. The number of likely N-dealkylation sites (N-methyl/N-ethyl adjacent to an activating group) is 1. The van der Waals surface area contributed by atoms with Gasteiger partial charge < -0.3 is 10.6 Å². The van der Waals surface area contributed by atoms with Gasteiger partial charge in [0.25, 0.3) is 5.91 Å². The van der Waals surface area contributed by atoms with Gasteiger partial charge in [-0.2, -0.15) is 0 Å². The molecule has 3 aliphatic rings. The Hall–Kier alpha value is -3.43. The molecule has 34 heavy (non-hydrogen) atoms. The Kier molecular flexibility index (Phi) is 6.85. The maximum Gasteiger partial charge on any atom is 0.260 e. The highest BCUT2D eigenvalue weighted by Gasteiger charge is 2.31. The Balaban J connectivity index is 1.65. The molecule has 1 aromatic carbocycles. The van der Waals surface area contributed by atoms with Gasteiger partial charge >= 0.3 is 0 Å². The van der Waals surface area contributed by atoms with Crippen LogP contribution >= 0.6 is 11.6 Å². The minimum absolute atomic E-state index is 0.0836. The quantitative estimate of drug-likeness (QED) is 0.577. The van der Waals surface area contributed by atoms with Crippen molar-refractivity contribution in [3.05, 3.63) is 64.5 Å². The second-order valence-corrected chi connectivity index (χ2v) is 8.41. The van der Waals surface area contributed by atoms with Crippen LogP contribution in [0.4, 0.5) is 0 Å². The first-order valence-corrected chi connectivity index (χ1v) is 11.5. The number of aliphatic imine (C=N–C) groups is 2. The van der Waals surface area contributed by atoms with Crippen LogP contribution in [0.5, 0.6) is 0 Å². The van der Waals surface area contributed by atoms with E-state index in [0.29, 0.717) is 53.2 Å². The minimum atomic E-state index is -0.379. The van der Waals surface area contributed by atoms with Crippen LogP contribution in [0.15, 0.2) is 58.3 Å². The number of benzene rings is 1. The van der Waals surface area contributed by atoms with Crippen LogP contribution < -0.4 is 16.1 Å². The van der Waals surface area contributed by atoms with E-state index in [2.05, 4.69) is 32.7 Å². The molecule has 2 unspecified atom stereocenters. The first-order chi connectivity index (χ1) is 16.3. The van der Waals surface area contributed by atoms with E-state index in [9.17, 15) is 9.59 Å². The number of nitrogens with zero attached hydrogens (tertiary/aromatic N) is 3. The molecule has 2 amide bonds.